The monoisotopic (exact) mass is 243 g/mol. The number of rotatable bonds is 2. The van der Waals surface area contributed by atoms with Crippen LogP contribution in [0.2, 0.25) is 4.47 Å². The van der Waals surface area contributed by atoms with Gasteiger partial charge in [0, 0.05) is 13.1 Å². The molecule has 0 saturated carbocycles. The summed E-state index contributed by atoms with van der Waals surface area (Å²) in [5.74, 6) is -0.406. The van der Waals surface area contributed by atoms with Crippen LogP contribution < -0.4 is 4.74 Å². The number of aromatic nitrogens is 3. The number of hydrogen-bond donors (Lipinski definition) is 1. The average molecular weight is 244 g/mol. The lowest BCUT2D eigenvalue weighted by Crippen LogP contribution is -2.00. The number of nitrogens with one attached hydrogen (secondary N) is 1. The molecule has 0 radical (unpaired) electrons. The van der Waals surface area contributed by atoms with Crippen molar-refractivity contribution in [1.82, 2.24) is 15.2 Å². The number of carbonyl (C=O) groups is 1. The number of H-pyrrole nitrogens is 1. The lowest BCUT2D eigenvalue weighted by atomic mass is 10.3. The second-order valence-corrected chi connectivity index (χ2v) is 4.21. The minimum atomic E-state index is -0.406. The fourth-order valence-electron chi connectivity index (χ4n) is 1.04. The van der Waals surface area contributed by atoms with Crippen molar-refractivity contribution in [2.45, 2.75) is 6.92 Å². The number of halogens is 1. The van der Waals surface area contributed by atoms with Crippen molar-refractivity contribution in [1.29, 1.82) is 0 Å². The Labute approximate surface area is 94.1 Å². The van der Waals surface area contributed by atoms with Crippen LogP contribution in [0.3, 0.4) is 0 Å². The lowest BCUT2D eigenvalue weighted by molar-refractivity contribution is -0.131. The van der Waals surface area contributed by atoms with E-state index in [-0.39, 0.29) is 0 Å². The van der Waals surface area contributed by atoms with Crippen molar-refractivity contribution in [2.75, 3.05) is 0 Å². The Morgan fingerprint density at radius 3 is 3.07 bits per heavy atom. The van der Waals surface area contributed by atoms with E-state index in [2.05, 4.69) is 15.2 Å². The third-order valence-electron chi connectivity index (χ3n) is 1.56. The first-order valence-corrected chi connectivity index (χ1v) is 5.21. The van der Waals surface area contributed by atoms with E-state index in [9.17, 15) is 4.79 Å². The fraction of sp³-hybridized carbons (Fsp3) is 0.125. The molecule has 0 bridgehead atoms. The van der Waals surface area contributed by atoms with Gasteiger partial charge in [-0.2, -0.15) is 5.10 Å². The van der Waals surface area contributed by atoms with Crippen molar-refractivity contribution in [3.05, 3.63) is 16.7 Å². The van der Waals surface area contributed by atoms with Crippen molar-refractivity contribution in [2.24, 2.45) is 0 Å². The number of nitrogens with zero attached hydrogens (tertiary/aromatic N) is 2. The molecule has 2 aromatic rings. The molecule has 15 heavy (non-hydrogen) atoms. The summed E-state index contributed by atoms with van der Waals surface area (Å²) in [6.45, 7) is 1.32. The average Bonchev–Trinajstić information content (AvgIpc) is 2.72. The Balaban J connectivity index is 2.42. The SMILES string of the molecule is CC(=O)Oc1sc(Cl)nc1-c1ccn[nH]1. The first-order chi connectivity index (χ1) is 7.16. The Hall–Kier alpha value is -1.40. The molecule has 0 amide bonds. The number of thiazole rings is 1. The molecule has 0 aliphatic heterocycles. The summed E-state index contributed by atoms with van der Waals surface area (Å²) in [6.07, 6.45) is 1.58. The normalized spacial score (nSPS) is 10.3. The second kappa shape index (κ2) is 4.00. The van der Waals surface area contributed by atoms with Crippen LogP contribution in [-0.2, 0) is 4.79 Å². The van der Waals surface area contributed by atoms with Gasteiger partial charge >= 0.3 is 5.97 Å². The summed E-state index contributed by atoms with van der Waals surface area (Å²) in [7, 11) is 0. The minimum Gasteiger partial charge on any atom is -0.413 e. The second-order valence-electron chi connectivity index (χ2n) is 2.67. The molecule has 0 aliphatic carbocycles. The van der Waals surface area contributed by atoms with Crippen LogP contribution in [0.4, 0.5) is 0 Å². The van der Waals surface area contributed by atoms with E-state index >= 15 is 0 Å². The van der Waals surface area contributed by atoms with Crippen molar-refractivity contribution < 1.29 is 9.53 Å². The third kappa shape index (κ3) is 2.16. The molecule has 0 aliphatic rings. The van der Waals surface area contributed by atoms with Crippen molar-refractivity contribution in [3.8, 4) is 16.5 Å². The van der Waals surface area contributed by atoms with Crippen LogP contribution in [-0.4, -0.2) is 21.2 Å². The van der Waals surface area contributed by atoms with E-state index in [4.69, 9.17) is 16.3 Å². The molecule has 0 unspecified atom stereocenters. The highest BCUT2D eigenvalue weighted by Gasteiger charge is 2.16. The number of hydrogen-bond acceptors (Lipinski definition) is 5. The van der Waals surface area contributed by atoms with E-state index in [0.29, 0.717) is 20.9 Å². The van der Waals surface area contributed by atoms with Gasteiger partial charge in [-0.05, 0) is 6.07 Å². The van der Waals surface area contributed by atoms with E-state index in [0.717, 1.165) is 11.3 Å². The lowest BCUT2D eigenvalue weighted by Gasteiger charge is -1.98. The van der Waals surface area contributed by atoms with Crippen molar-refractivity contribution in [3.63, 3.8) is 0 Å². The number of ether oxygens (including phenoxy) is 1. The number of aromatic amines is 1. The zero-order valence-corrected chi connectivity index (χ0v) is 9.22. The van der Waals surface area contributed by atoms with Crippen LogP contribution in [0.25, 0.3) is 11.4 Å². The summed E-state index contributed by atoms with van der Waals surface area (Å²) in [6, 6.07) is 1.72. The predicted molar refractivity (Wildman–Crippen MR) is 56.0 cm³/mol. The predicted octanol–water partition coefficient (Wildman–Crippen LogP) is 2.11. The highest BCUT2D eigenvalue weighted by Crippen LogP contribution is 2.36. The van der Waals surface area contributed by atoms with Crippen molar-refractivity contribution >= 4 is 28.9 Å². The van der Waals surface area contributed by atoms with Crippen LogP contribution in [0.5, 0.6) is 5.06 Å². The van der Waals surface area contributed by atoms with Gasteiger partial charge in [0.05, 0.1) is 5.69 Å². The first kappa shape index (κ1) is 10.1. The van der Waals surface area contributed by atoms with E-state index in [1.165, 1.54) is 6.92 Å². The molecule has 2 rings (SSSR count). The summed E-state index contributed by atoms with van der Waals surface area (Å²) in [5.41, 5.74) is 1.16. The Kier molecular flexibility index (Phi) is 2.70. The van der Waals surface area contributed by atoms with Gasteiger partial charge in [-0.25, -0.2) is 4.98 Å². The fourth-order valence-corrected chi connectivity index (χ4v) is 2.03. The van der Waals surface area contributed by atoms with Gasteiger partial charge in [0.1, 0.15) is 5.69 Å². The molecule has 2 heterocycles. The topological polar surface area (TPSA) is 67.9 Å². The first-order valence-electron chi connectivity index (χ1n) is 4.01. The molecule has 0 aromatic carbocycles. The molecule has 0 spiro atoms. The largest absolute Gasteiger partial charge is 0.413 e. The number of carbonyl (C=O) groups excluding carboxylic acids is 1. The van der Waals surface area contributed by atoms with Gasteiger partial charge in [-0.15, -0.1) is 0 Å². The summed E-state index contributed by atoms with van der Waals surface area (Å²) < 4.78 is 5.29. The van der Waals surface area contributed by atoms with E-state index in [1.54, 1.807) is 12.3 Å². The highest BCUT2D eigenvalue weighted by atomic mass is 35.5. The molecule has 0 atom stereocenters. The standard InChI is InChI=1S/C8H6ClN3O2S/c1-4(13)14-7-6(11-8(9)15-7)5-2-3-10-12-5/h2-3H,1H3,(H,10,12). The Morgan fingerprint density at radius 1 is 1.67 bits per heavy atom. The Morgan fingerprint density at radius 2 is 2.47 bits per heavy atom. The van der Waals surface area contributed by atoms with Gasteiger partial charge in [-0.1, -0.05) is 22.9 Å². The maximum absolute atomic E-state index is 10.8. The molecule has 7 heteroatoms. The molecule has 0 saturated heterocycles. The quantitative estimate of drug-likeness (QED) is 0.821. The molecule has 5 nitrogen and oxygen atoms in total. The molecule has 1 N–H and O–H groups in total. The molecule has 0 fully saturated rings. The van der Waals surface area contributed by atoms with Gasteiger partial charge in [0.25, 0.3) is 0 Å². The highest BCUT2D eigenvalue weighted by molar-refractivity contribution is 7.18. The van der Waals surface area contributed by atoms with Gasteiger partial charge in [0.15, 0.2) is 4.47 Å². The zero-order valence-electron chi connectivity index (χ0n) is 7.65. The third-order valence-corrected chi connectivity index (χ3v) is 2.60. The summed E-state index contributed by atoms with van der Waals surface area (Å²) in [4.78, 5) is 14.9. The van der Waals surface area contributed by atoms with E-state index < -0.39 is 5.97 Å². The maximum atomic E-state index is 10.8. The van der Waals surface area contributed by atoms with Gasteiger partial charge < -0.3 is 4.74 Å². The maximum Gasteiger partial charge on any atom is 0.308 e. The Bertz CT molecular complexity index is 480. The molecule has 2 aromatic heterocycles. The van der Waals surface area contributed by atoms with Gasteiger partial charge in [0.2, 0.25) is 5.06 Å². The van der Waals surface area contributed by atoms with E-state index in [1.807, 2.05) is 0 Å². The molecule has 78 valence electrons. The van der Waals surface area contributed by atoms with Crippen LogP contribution in [0.1, 0.15) is 6.92 Å². The molecular formula is C8H6ClN3O2S. The summed E-state index contributed by atoms with van der Waals surface area (Å²) >= 11 is 6.85. The van der Waals surface area contributed by atoms with Crippen LogP contribution >= 0.6 is 22.9 Å². The van der Waals surface area contributed by atoms with Gasteiger partial charge in [-0.3, -0.25) is 9.89 Å². The summed E-state index contributed by atoms with van der Waals surface area (Å²) in [5, 5.41) is 6.88. The zero-order chi connectivity index (χ0) is 10.8. The smallest absolute Gasteiger partial charge is 0.308 e. The van der Waals surface area contributed by atoms with Crippen LogP contribution in [0.15, 0.2) is 12.3 Å². The number of esters is 1. The minimum absolute atomic E-state index is 0.316. The van der Waals surface area contributed by atoms with Crippen LogP contribution in [0, 0.1) is 0 Å². The molecular weight excluding hydrogens is 238 g/mol.